The second-order valence-electron chi connectivity index (χ2n) is 8.29. The predicted molar refractivity (Wildman–Crippen MR) is 115 cm³/mol. The number of hydrogen-bond acceptors (Lipinski definition) is 1. The third-order valence-electron chi connectivity index (χ3n) is 6.76. The monoisotopic (exact) mass is 366 g/mol. The molecule has 3 aromatic carbocycles. The number of aryl methyl sites for hydroxylation is 2. The summed E-state index contributed by atoms with van der Waals surface area (Å²) in [5.41, 5.74) is 7.65. The summed E-state index contributed by atoms with van der Waals surface area (Å²) in [5, 5.41) is 11.7. The lowest BCUT2D eigenvalue weighted by atomic mass is 9.60. The van der Waals surface area contributed by atoms with Crippen molar-refractivity contribution in [3.05, 3.63) is 112 Å². The second-order valence-corrected chi connectivity index (χ2v) is 8.29. The van der Waals surface area contributed by atoms with Gasteiger partial charge in [-0.2, -0.15) is 0 Å². The van der Waals surface area contributed by atoms with Crippen LogP contribution in [-0.4, -0.2) is 5.11 Å². The number of rotatable bonds is 3. The van der Waals surface area contributed by atoms with Crippen molar-refractivity contribution in [2.75, 3.05) is 0 Å². The van der Waals surface area contributed by atoms with Crippen molar-refractivity contribution in [1.82, 2.24) is 0 Å². The summed E-state index contributed by atoms with van der Waals surface area (Å²) >= 11 is 0. The highest BCUT2D eigenvalue weighted by atomic mass is 16.3. The first-order chi connectivity index (χ1) is 13.8. The van der Waals surface area contributed by atoms with Crippen LogP contribution in [0.1, 0.15) is 46.8 Å². The molecule has 28 heavy (non-hydrogen) atoms. The summed E-state index contributed by atoms with van der Waals surface area (Å²) in [7, 11) is 0. The van der Waals surface area contributed by atoms with Gasteiger partial charge in [0.1, 0.15) is 0 Å². The number of fused-ring (bicyclic) bond motifs is 2. The van der Waals surface area contributed by atoms with Gasteiger partial charge in [0.15, 0.2) is 0 Å². The van der Waals surface area contributed by atoms with Crippen LogP contribution in [0, 0.1) is 5.41 Å². The lowest BCUT2D eigenvalue weighted by molar-refractivity contribution is 0.0316. The molecule has 0 radical (unpaired) electrons. The van der Waals surface area contributed by atoms with Crippen molar-refractivity contribution >= 4 is 6.08 Å². The third kappa shape index (κ3) is 2.91. The molecule has 3 aromatic rings. The highest BCUT2D eigenvalue weighted by Crippen LogP contribution is 2.53. The van der Waals surface area contributed by atoms with E-state index in [1.807, 2.05) is 0 Å². The molecule has 2 aliphatic rings. The van der Waals surface area contributed by atoms with Crippen molar-refractivity contribution in [3.63, 3.8) is 0 Å². The number of hydrogen-bond donors (Lipinski definition) is 1. The summed E-state index contributed by atoms with van der Waals surface area (Å²) in [6.07, 6.45) is 6.91. The maximum Gasteiger partial charge on any atom is 0.0889 e. The van der Waals surface area contributed by atoms with E-state index in [4.69, 9.17) is 0 Å². The van der Waals surface area contributed by atoms with Gasteiger partial charge in [-0.05, 0) is 59.9 Å². The Kier molecular flexibility index (Phi) is 4.41. The summed E-state index contributed by atoms with van der Waals surface area (Å²) in [6, 6.07) is 27.8. The van der Waals surface area contributed by atoms with Gasteiger partial charge in [-0.15, -0.1) is 0 Å². The molecule has 0 saturated heterocycles. The molecule has 1 N–H and O–H groups in total. The quantitative estimate of drug-likeness (QED) is 0.609. The largest absolute Gasteiger partial charge is 0.387 e. The Bertz CT molecular complexity index is 1020. The molecule has 2 unspecified atom stereocenters. The van der Waals surface area contributed by atoms with Crippen LogP contribution in [0.2, 0.25) is 0 Å². The molecule has 1 nitrogen and oxygen atoms in total. The van der Waals surface area contributed by atoms with Crippen LogP contribution in [0.3, 0.4) is 0 Å². The SMILES string of the molecule is OC1c2ccccc2CCC1(Cc1ccccc1)C1=Cc2ccccc2CC1. The zero-order chi connectivity index (χ0) is 19.0. The molecular formula is C27H26O. The maximum absolute atomic E-state index is 11.7. The van der Waals surface area contributed by atoms with Crippen LogP contribution in [0.25, 0.3) is 6.08 Å². The van der Waals surface area contributed by atoms with Crippen LogP contribution >= 0.6 is 0 Å². The number of benzene rings is 3. The Morgan fingerprint density at radius 3 is 2.32 bits per heavy atom. The van der Waals surface area contributed by atoms with Crippen molar-refractivity contribution in [2.45, 2.75) is 38.2 Å². The predicted octanol–water partition coefficient (Wildman–Crippen LogP) is 5.93. The standard InChI is InChI=1S/C27H26O/c28-26-25-13-7-6-11-22(25)16-17-27(26,19-20-8-2-1-3-9-20)24-15-14-21-10-4-5-12-23(21)18-24/h1-13,18,26,28H,14-17,19H2. The van der Waals surface area contributed by atoms with Crippen LogP contribution < -0.4 is 0 Å². The van der Waals surface area contributed by atoms with E-state index in [9.17, 15) is 5.11 Å². The first kappa shape index (κ1) is 17.5. The number of aliphatic hydroxyl groups is 1. The summed E-state index contributed by atoms with van der Waals surface area (Å²) < 4.78 is 0. The van der Waals surface area contributed by atoms with E-state index < -0.39 is 6.10 Å². The molecule has 0 amide bonds. The summed E-state index contributed by atoms with van der Waals surface area (Å²) in [5.74, 6) is 0. The van der Waals surface area contributed by atoms with Gasteiger partial charge in [0.2, 0.25) is 0 Å². The molecule has 0 aliphatic heterocycles. The van der Waals surface area contributed by atoms with Gasteiger partial charge in [-0.3, -0.25) is 0 Å². The fraction of sp³-hybridized carbons (Fsp3) is 0.259. The van der Waals surface area contributed by atoms with Gasteiger partial charge in [0, 0.05) is 5.41 Å². The van der Waals surface area contributed by atoms with Crippen molar-refractivity contribution in [1.29, 1.82) is 0 Å². The van der Waals surface area contributed by atoms with Crippen LogP contribution in [0.4, 0.5) is 0 Å². The van der Waals surface area contributed by atoms with E-state index in [-0.39, 0.29) is 5.41 Å². The zero-order valence-electron chi connectivity index (χ0n) is 16.1. The first-order valence-electron chi connectivity index (χ1n) is 10.3. The Balaban J connectivity index is 1.64. The zero-order valence-corrected chi connectivity index (χ0v) is 16.1. The number of aliphatic hydroxyl groups excluding tert-OH is 1. The average molecular weight is 367 g/mol. The van der Waals surface area contributed by atoms with Gasteiger partial charge in [-0.1, -0.05) is 90.5 Å². The first-order valence-corrected chi connectivity index (χ1v) is 10.3. The summed E-state index contributed by atoms with van der Waals surface area (Å²) in [4.78, 5) is 0. The van der Waals surface area contributed by atoms with Gasteiger partial charge >= 0.3 is 0 Å². The van der Waals surface area contributed by atoms with E-state index in [1.165, 1.54) is 27.8 Å². The van der Waals surface area contributed by atoms with Crippen molar-refractivity contribution in [2.24, 2.45) is 5.41 Å². The molecule has 0 aromatic heterocycles. The van der Waals surface area contributed by atoms with E-state index in [0.717, 1.165) is 37.7 Å². The molecule has 0 spiro atoms. The lowest BCUT2D eigenvalue weighted by Gasteiger charge is -2.46. The average Bonchev–Trinajstić information content (AvgIpc) is 2.76. The Labute approximate surface area is 167 Å². The molecule has 2 aliphatic carbocycles. The van der Waals surface area contributed by atoms with Crippen LogP contribution in [-0.2, 0) is 19.3 Å². The molecule has 0 fully saturated rings. The molecule has 2 atom stereocenters. The maximum atomic E-state index is 11.7. The van der Waals surface area contributed by atoms with Crippen molar-refractivity contribution in [3.8, 4) is 0 Å². The molecule has 140 valence electrons. The van der Waals surface area contributed by atoms with Gasteiger partial charge in [0.25, 0.3) is 0 Å². The molecule has 0 heterocycles. The summed E-state index contributed by atoms with van der Waals surface area (Å²) in [6.45, 7) is 0. The fourth-order valence-electron chi connectivity index (χ4n) is 5.24. The molecule has 5 rings (SSSR count). The minimum absolute atomic E-state index is 0.233. The fourth-order valence-corrected chi connectivity index (χ4v) is 5.24. The highest BCUT2D eigenvalue weighted by molar-refractivity contribution is 5.62. The second kappa shape index (κ2) is 7.07. The Morgan fingerprint density at radius 1 is 0.750 bits per heavy atom. The van der Waals surface area contributed by atoms with E-state index in [0.29, 0.717) is 0 Å². The minimum Gasteiger partial charge on any atom is -0.387 e. The van der Waals surface area contributed by atoms with Crippen LogP contribution in [0.15, 0.2) is 84.4 Å². The Hall–Kier alpha value is -2.64. The normalized spacial score (nSPS) is 23.5. The molecule has 1 heteroatoms. The smallest absolute Gasteiger partial charge is 0.0889 e. The van der Waals surface area contributed by atoms with Gasteiger partial charge < -0.3 is 5.11 Å². The van der Waals surface area contributed by atoms with Gasteiger partial charge in [-0.25, -0.2) is 0 Å². The molecule has 0 saturated carbocycles. The van der Waals surface area contributed by atoms with E-state index in [1.54, 1.807) is 0 Å². The topological polar surface area (TPSA) is 20.2 Å². The van der Waals surface area contributed by atoms with E-state index in [2.05, 4.69) is 84.9 Å². The highest BCUT2D eigenvalue weighted by Gasteiger charge is 2.45. The third-order valence-corrected chi connectivity index (χ3v) is 6.76. The Morgan fingerprint density at radius 2 is 1.46 bits per heavy atom. The molecular weight excluding hydrogens is 340 g/mol. The van der Waals surface area contributed by atoms with E-state index >= 15 is 0 Å². The van der Waals surface area contributed by atoms with Crippen molar-refractivity contribution < 1.29 is 5.11 Å². The van der Waals surface area contributed by atoms with Gasteiger partial charge in [0.05, 0.1) is 6.10 Å². The minimum atomic E-state index is -0.464. The lowest BCUT2D eigenvalue weighted by Crippen LogP contribution is -2.38. The van der Waals surface area contributed by atoms with Crippen LogP contribution in [0.5, 0.6) is 0 Å². The molecule has 0 bridgehead atoms.